The fourth-order valence-corrected chi connectivity index (χ4v) is 8.27. The highest BCUT2D eigenvalue weighted by Crippen LogP contribution is 2.61. The van der Waals surface area contributed by atoms with Crippen molar-refractivity contribution in [1.29, 1.82) is 0 Å². The standard InChI is InChI=1S/C19H29NO3S/c1-2-4-20(17-3-5-24(22,23)13-17)18(21)12-19-9-14-6-15(10-19)8-16(7-14)11-19/h2,14-17H,1,3-13H2/t14?,15?,16?,17-,19?/m0/s1. The van der Waals surface area contributed by atoms with Crippen LogP contribution in [0.1, 0.15) is 51.4 Å². The predicted octanol–water partition coefficient (Wildman–Crippen LogP) is 2.79. The molecule has 4 saturated carbocycles. The summed E-state index contributed by atoms with van der Waals surface area (Å²) in [6.45, 7) is 4.25. The Kier molecular flexibility index (Phi) is 4.06. The van der Waals surface area contributed by atoms with E-state index in [0.717, 1.165) is 17.8 Å². The van der Waals surface area contributed by atoms with Crippen LogP contribution in [-0.4, -0.2) is 43.3 Å². The van der Waals surface area contributed by atoms with Crippen molar-refractivity contribution in [3.05, 3.63) is 12.7 Å². The average Bonchev–Trinajstić information content (AvgIpc) is 2.82. The molecule has 5 fully saturated rings. The summed E-state index contributed by atoms with van der Waals surface area (Å²) in [5, 5.41) is 0. The van der Waals surface area contributed by atoms with Crippen molar-refractivity contribution >= 4 is 15.7 Å². The van der Waals surface area contributed by atoms with Crippen molar-refractivity contribution in [2.24, 2.45) is 23.2 Å². The lowest BCUT2D eigenvalue weighted by atomic mass is 9.49. The number of nitrogens with zero attached hydrogens (tertiary/aromatic N) is 1. The zero-order chi connectivity index (χ0) is 16.9. The molecule has 4 aliphatic carbocycles. The minimum absolute atomic E-state index is 0.132. The van der Waals surface area contributed by atoms with Crippen molar-refractivity contribution < 1.29 is 13.2 Å². The summed E-state index contributed by atoms with van der Waals surface area (Å²) in [6.07, 6.45) is 10.7. The third-order valence-electron chi connectivity index (χ3n) is 6.99. The van der Waals surface area contributed by atoms with Crippen LogP contribution < -0.4 is 0 Å². The Hall–Kier alpha value is -0.840. The summed E-state index contributed by atoms with van der Waals surface area (Å²) in [7, 11) is -2.97. The van der Waals surface area contributed by atoms with E-state index < -0.39 is 9.84 Å². The van der Waals surface area contributed by atoms with Gasteiger partial charge in [-0.3, -0.25) is 4.79 Å². The van der Waals surface area contributed by atoms with Crippen molar-refractivity contribution in [2.75, 3.05) is 18.1 Å². The largest absolute Gasteiger partial charge is 0.335 e. The van der Waals surface area contributed by atoms with E-state index in [-0.39, 0.29) is 28.9 Å². The van der Waals surface area contributed by atoms with Gasteiger partial charge < -0.3 is 4.90 Å². The molecule has 1 atom stereocenters. The molecule has 24 heavy (non-hydrogen) atoms. The van der Waals surface area contributed by atoms with Crippen molar-refractivity contribution in [3.63, 3.8) is 0 Å². The van der Waals surface area contributed by atoms with E-state index in [1.54, 1.807) is 6.08 Å². The lowest BCUT2D eigenvalue weighted by Crippen LogP contribution is -2.50. The first-order chi connectivity index (χ1) is 11.4. The third-order valence-corrected chi connectivity index (χ3v) is 8.74. The third kappa shape index (κ3) is 3.04. The predicted molar refractivity (Wildman–Crippen MR) is 94.2 cm³/mol. The zero-order valence-corrected chi connectivity index (χ0v) is 15.3. The maximum absolute atomic E-state index is 13.1. The SMILES string of the molecule is C=CCN(C(=O)CC12CC3CC(CC(C3)C1)C2)[C@H]1CCS(=O)(=O)C1. The molecule has 1 saturated heterocycles. The molecule has 0 N–H and O–H groups in total. The van der Waals surface area contributed by atoms with Gasteiger partial charge >= 0.3 is 0 Å². The molecule has 4 nitrogen and oxygen atoms in total. The van der Waals surface area contributed by atoms with Gasteiger partial charge in [0.2, 0.25) is 5.91 Å². The average molecular weight is 352 g/mol. The fourth-order valence-electron chi connectivity index (χ4n) is 6.54. The summed E-state index contributed by atoms with van der Waals surface area (Å²) in [5.74, 6) is 3.03. The Labute approximate surface area is 145 Å². The highest BCUT2D eigenvalue weighted by atomic mass is 32.2. The molecule has 1 amide bonds. The van der Waals surface area contributed by atoms with Crippen LogP contribution in [0.5, 0.6) is 0 Å². The smallest absolute Gasteiger partial charge is 0.223 e. The topological polar surface area (TPSA) is 54.5 Å². The normalized spacial score (nSPS) is 42.2. The second-order valence-electron chi connectivity index (χ2n) is 8.99. The number of carbonyl (C=O) groups excluding carboxylic acids is 1. The van der Waals surface area contributed by atoms with Crippen LogP contribution in [0, 0.1) is 23.2 Å². The Balaban J connectivity index is 1.48. The molecule has 0 spiro atoms. The summed E-state index contributed by atoms with van der Waals surface area (Å²) < 4.78 is 23.6. The number of sulfone groups is 1. The minimum atomic E-state index is -2.97. The van der Waals surface area contributed by atoms with E-state index in [1.807, 2.05) is 4.90 Å². The van der Waals surface area contributed by atoms with Gasteiger partial charge in [0, 0.05) is 19.0 Å². The fraction of sp³-hybridized carbons (Fsp3) is 0.842. The van der Waals surface area contributed by atoms with Crippen LogP contribution in [0.25, 0.3) is 0 Å². The maximum atomic E-state index is 13.1. The van der Waals surface area contributed by atoms with E-state index in [2.05, 4.69) is 6.58 Å². The molecule has 1 heterocycles. The summed E-state index contributed by atoms with van der Waals surface area (Å²) in [4.78, 5) is 14.9. The van der Waals surface area contributed by atoms with Crippen LogP contribution in [0.2, 0.25) is 0 Å². The Morgan fingerprint density at radius 1 is 1.12 bits per heavy atom. The van der Waals surface area contributed by atoms with Crippen molar-refractivity contribution in [3.8, 4) is 0 Å². The van der Waals surface area contributed by atoms with Crippen molar-refractivity contribution in [1.82, 2.24) is 4.90 Å². The first kappa shape index (κ1) is 16.6. The summed E-state index contributed by atoms with van der Waals surface area (Å²) in [5.41, 5.74) is 0.211. The van der Waals surface area contributed by atoms with Crippen molar-refractivity contribution in [2.45, 2.75) is 57.4 Å². The molecular formula is C19H29NO3S. The summed E-state index contributed by atoms with van der Waals surface area (Å²) >= 11 is 0. The van der Waals surface area contributed by atoms with E-state index >= 15 is 0 Å². The Morgan fingerprint density at radius 2 is 1.71 bits per heavy atom. The molecule has 5 aliphatic rings. The lowest BCUT2D eigenvalue weighted by molar-refractivity contribution is -0.140. The van der Waals surface area contributed by atoms with E-state index in [9.17, 15) is 13.2 Å². The van der Waals surface area contributed by atoms with E-state index in [0.29, 0.717) is 19.4 Å². The monoisotopic (exact) mass is 351 g/mol. The zero-order valence-electron chi connectivity index (χ0n) is 14.5. The second-order valence-corrected chi connectivity index (χ2v) is 11.2. The van der Waals surface area contributed by atoms with Gasteiger partial charge in [-0.25, -0.2) is 8.42 Å². The van der Waals surface area contributed by atoms with E-state index in [4.69, 9.17) is 0 Å². The first-order valence-corrected chi connectivity index (χ1v) is 11.3. The highest BCUT2D eigenvalue weighted by molar-refractivity contribution is 7.91. The molecular weight excluding hydrogens is 322 g/mol. The molecule has 1 aliphatic heterocycles. The molecule has 4 bridgehead atoms. The van der Waals surface area contributed by atoms with Crippen LogP contribution in [0.15, 0.2) is 12.7 Å². The summed E-state index contributed by atoms with van der Waals surface area (Å²) in [6, 6.07) is -0.144. The Morgan fingerprint density at radius 3 is 2.17 bits per heavy atom. The number of amides is 1. The highest BCUT2D eigenvalue weighted by Gasteiger charge is 2.52. The van der Waals surface area contributed by atoms with Gasteiger partial charge in [-0.1, -0.05) is 6.08 Å². The first-order valence-electron chi connectivity index (χ1n) is 9.49. The minimum Gasteiger partial charge on any atom is -0.335 e. The number of hydrogen-bond donors (Lipinski definition) is 0. The van der Waals surface area contributed by atoms with Crippen LogP contribution in [-0.2, 0) is 14.6 Å². The number of rotatable bonds is 5. The molecule has 134 valence electrons. The number of hydrogen-bond acceptors (Lipinski definition) is 3. The van der Waals surface area contributed by atoms with E-state index in [1.165, 1.54) is 38.5 Å². The van der Waals surface area contributed by atoms with Crippen LogP contribution in [0.4, 0.5) is 0 Å². The maximum Gasteiger partial charge on any atom is 0.223 e. The second kappa shape index (κ2) is 5.86. The van der Waals surface area contributed by atoms with Crippen LogP contribution in [0.3, 0.4) is 0 Å². The van der Waals surface area contributed by atoms with Gasteiger partial charge in [-0.05, 0) is 68.1 Å². The molecule has 0 radical (unpaired) electrons. The van der Waals surface area contributed by atoms with Gasteiger partial charge in [-0.2, -0.15) is 0 Å². The molecule has 0 aromatic rings. The van der Waals surface area contributed by atoms with Gasteiger partial charge in [-0.15, -0.1) is 6.58 Å². The van der Waals surface area contributed by atoms with Crippen LogP contribution >= 0.6 is 0 Å². The lowest BCUT2D eigenvalue weighted by Gasteiger charge is -2.57. The Bertz CT molecular complexity index is 604. The molecule has 5 heteroatoms. The molecule has 0 unspecified atom stereocenters. The van der Waals surface area contributed by atoms with Gasteiger partial charge in [0.05, 0.1) is 11.5 Å². The molecule has 0 aromatic carbocycles. The molecule has 5 rings (SSSR count). The number of carbonyl (C=O) groups is 1. The van der Waals surface area contributed by atoms with Gasteiger partial charge in [0.1, 0.15) is 0 Å². The van der Waals surface area contributed by atoms with Gasteiger partial charge in [0.25, 0.3) is 0 Å². The van der Waals surface area contributed by atoms with Gasteiger partial charge in [0.15, 0.2) is 9.84 Å². The quantitative estimate of drug-likeness (QED) is 0.716. The molecule has 0 aromatic heterocycles.